The zero-order valence-electron chi connectivity index (χ0n) is 12.1. The van der Waals surface area contributed by atoms with Crippen LogP contribution in [-0.2, 0) is 4.79 Å². The molecule has 3 rings (SSSR count). The first-order valence-electron chi connectivity index (χ1n) is 7.19. The molecule has 2 heterocycles. The van der Waals surface area contributed by atoms with Crippen LogP contribution >= 0.6 is 28.3 Å². The van der Waals surface area contributed by atoms with Crippen molar-refractivity contribution >= 4 is 40.2 Å². The molecule has 7 heteroatoms. The normalized spacial score (nSPS) is 18.4. The van der Waals surface area contributed by atoms with Gasteiger partial charge < -0.3 is 15.1 Å². The lowest BCUT2D eigenvalue weighted by atomic mass is 10.0. The fourth-order valence-corrected chi connectivity index (χ4v) is 2.89. The molecule has 2 fully saturated rings. The van der Waals surface area contributed by atoms with Gasteiger partial charge in [0.1, 0.15) is 0 Å². The smallest absolute Gasteiger partial charge is 0.253 e. The number of hydrogen-bond acceptors (Lipinski definition) is 3. The van der Waals surface area contributed by atoms with Gasteiger partial charge in [0.05, 0.1) is 5.92 Å². The summed E-state index contributed by atoms with van der Waals surface area (Å²) in [7, 11) is 0. The highest BCUT2D eigenvalue weighted by Gasteiger charge is 2.32. The molecule has 0 bridgehead atoms. The molecule has 1 N–H and O–H groups in total. The maximum Gasteiger partial charge on any atom is 0.253 e. The van der Waals surface area contributed by atoms with Gasteiger partial charge >= 0.3 is 0 Å². The van der Waals surface area contributed by atoms with Crippen molar-refractivity contribution in [1.29, 1.82) is 0 Å². The highest BCUT2D eigenvalue weighted by atomic mass is 79.9. The summed E-state index contributed by atoms with van der Waals surface area (Å²) in [6.07, 6.45) is 0. The van der Waals surface area contributed by atoms with Crippen molar-refractivity contribution in [2.45, 2.75) is 0 Å². The van der Waals surface area contributed by atoms with Gasteiger partial charge in [-0.05, 0) is 24.3 Å². The Kier molecular flexibility index (Phi) is 5.83. The maximum atomic E-state index is 12.4. The number of carbonyl (C=O) groups excluding carboxylic acids is 2. The van der Waals surface area contributed by atoms with E-state index in [1.807, 2.05) is 34.1 Å². The second-order valence-corrected chi connectivity index (χ2v) is 6.40. The van der Waals surface area contributed by atoms with Crippen molar-refractivity contribution in [2.24, 2.45) is 5.92 Å². The lowest BCUT2D eigenvalue weighted by Gasteiger charge is -2.38. The molecule has 0 radical (unpaired) electrons. The number of benzene rings is 1. The highest BCUT2D eigenvalue weighted by Crippen LogP contribution is 2.15. The summed E-state index contributed by atoms with van der Waals surface area (Å²) in [5.74, 6) is 0.406. The van der Waals surface area contributed by atoms with Crippen LogP contribution in [0.2, 0.25) is 0 Å². The molecule has 0 saturated carbocycles. The van der Waals surface area contributed by atoms with E-state index in [0.29, 0.717) is 31.7 Å². The summed E-state index contributed by atoms with van der Waals surface area (Å²) in [5, 5.41) is 3.12. The average molecular weight is 389 g/mol. The highest BCUT2D eigenvalue weighted by molar-refractivity contribution is 9.10. The summed E-state index contributed by atoms with van der Waals surface area (Å²) in [6.45, 7) is 4.07. The molecule has 2 aliphatic rings. The zero-order chi connectivity index (χ0) is 14.8. The van der Waals surface area contributed by atoms with E-state index < -0.39 is 0 Å². The largest absolute Gasteiger partial charge is 0.339 e. The molecule has 0 unspecified atom stereocenters. The number of nitrogens with zero attached hydrogens (tertiary/aromatic N) is 2. The second kappa shape index (κ2) is 7.44. The SMILES string of the molecule is Cl.O=C(c1ccc(Br)cc1)N1CCN(C(=O)C2CNC2)CC1. The summed E-state index contributed by atoms with van der Waals surface area (Å²) in [5.41, 5.74) is 0.696. The van der Waals surface area contributed by atoms with E-state index >= 15 is 0 Å². The third-order valence-electron chi connectivity index (χ3n) is 4.10. The molecule has 2 aliphatic heterocycles. The lowest BCUT2D eigenvalue weighted by molar-refractivity contribution is -0.138. The minimum Gasteiger partial charge on any atom is -0.339 e. The Morgan fingerprint density at radius 1 is 1.00 bits per heavy atom. The van der Waals surface area contributed by atoms with Crippen LogP contribution < -0.4 is 5.32 Å². The van der Waals surface area contributed by atoms with Gasteiger partial charge in [0.2, 0.25) is 5.91 Å². The van der Waals surface area contributed by atoms with Crippen LogP contribution in [0.15, 0.2) is 28.7 Å². The Labute approximate surface area is 144 Å². The summed E-state index contributed by atoms with van der Waals surface area (Å²) in [4.78, 5) is 28.2. The van der Waals surface area contributed by atoms with Crippen LogP contribution in [0.3, 0.4) is 0 Å². The molecular formula is C15H19BrClN3O2. The number of halogens is 2. The van der Waals surface area contributed by atoms with E-state index in [4.69, 9.17) is 0 Å². The molecule has 5 nitrogen and oxygen atoms in total. The Bertz CT molecular complexity index is 540. The zero-order valence-corrected chi connectivity index (χ0v) is 14.5. The van der Waals surface area contributed by atoms with Gasteiger partial charge in [-0.1, -0.05) is 15.9 Å². The number of amides is 2. The number of piperazine rings is 1. The van der Waals surface area contributed by atoms with E-state index in [1.165, 1.54) is 0 Å². The molecule has 0 spiro atoms. The molecule has 120 valence electrons. The Balaban J connectivity index is 0.00000176. The first kappa shape index (κ1) is 17.2. The average Bonchev–Trinajstić information content (AvgIpc) is 2.46. The van der Waals surface area contributed by atoms with E-state index in [-0.39, 0.29) is 30.1 Å². The van der Waals surface area contributed by atoms with Crippen molar-refractivity contribution < 1.29 is 9.59 Å². The van der Waals surface area contributed by atoms with E-state index in [9.17, 15) is 9.59 Å². The van der Waals surface area contributed by atoms with Gasteiger partial charge in [0, 0.05) is 49.3 Å². The van der Waals surface area contributed by atoms with Crippen LogP contribution in [0.5, 0.6) is 0 Å². The number of hydrogen-bond donors (Lipinski definition) is 1. The minimum absolute atomic E-state index is 0. The lowest BCUT2D eigenvalue weighted by Crippen LogP contribution is -2.57. The van der Waals surface area contributed by atoms with E-state index in [2.05, 4.69) is 21.2 Å². The number of carbonyl (C=O) groups is 2. The Hall–Kier alpha value is -1.11. The van der Waals surface area contributed by atoms with Crippen molar-refractivity contribution in [3.8, 4) is 0 Å². The van der Waals surface area contributed by atoms with E-state index in [0.717, 1.165) is 17.6 Å². The van der Waals surface area contributed by atoms with Crippen LogP contribution in [0.1, 0.15) is 10.4 Å². The molecule has 2 saturated heterocycles. The van der Waals surface area contributed by atoms with Crippen LogP contribution in [0, 0.1) is 5.92 Å². The first-order chi connectivity index (χ1) is 10.1. The van der Waals surface area contributed by atoms with Crippen molar-refractivity contribution in [1.82, 2.24) is 15.1 Å². The predicted molar refractivity (Wildman–Crippen MR) is 90.2 cm³/mol. The summed E-state index contributed by atoms with van der Waals surface area (Å²) in [6, 6.07) is 7.39. The minimum atomic E-state index is 0. The summed E-state index contributed by atoms with van der Waals surface area (Å²) < 4.78 is 0.962. The molecule has 0 aromatic heterocycles. The molecule has 22 heavy (non-hydrogen) atoms. The fraction of sp³-hybridized carbons (Fsp3) is 0.467. The van der Waals surface area contributed by atoms with Gasteiger partial charge in [0.15, 0.2) is 0 Å². The van der Waals surface area contributed by atoms with Crippen LogP contribution in [-0.4, -0.2) is 60.9 Å². The van der Waals surface area contributed by atoms with Gasteiger partial charge in [-0.3, -0.25) is 9.59 Å². The monoisotopic (exact) mass is 387 g/mol. The maximum absolute atomic E-state index is 12.4. The standard InChI is InChI=1S/C15H18BrN3O2.ClH/c16-13-3-1-11(2-4-13)14(20)18-5-7-19(8-6-18)15(21)12-9-17-10-12;/h1-4,12,17H,5-10H2;1H. The third kappa shape index (κ3) is 3.62. The third-order valence-corrected chi connectivity index (χ3v) is 4.63. The van der Waals surface area contributed by atoms with Gasteiger partial charge in [0.25, 0.3) is 5.91 Å². The summed E-state index contributed by atoms with van der Waals surface area (Å²) >= 11 is 3.37. The number of nitrogens with one attached hydrogen (secondary N) is 1. The fourth-order valence-electron chi connectivity index (χ4n) is 2.63. The number of rotatable bonds is 2. The Morgan fingerprint density at radius 3 is 2.05 bits per heavy atom. The van der Waals surface area contributed by atoms with Crippen molar-refractivity contribution in [2.75, 3.05) is 39.3 Å². The second-order valence-electron chi connectivity index (χ2n) is 5.48. The van der Waals surface area contributed by atoms with Crippen LogP contribution in [0.25, 0.3) is 0 Å². The Morgan fingerprint density at radius 2 is 1.55 bits per heavy atom. The van der Waals surface area contributed by atoms with Crippen molar-refractivity contribution in [3.63, 3.8) is 0 Å². The predicted octanol–water partition coefficient (Wildman–Crippen LogP) is 1.37. The quantitative estimate of drug-likeness (QED) is 0.833. The molecule has 2 amide bonds. The molecule has 1 aromatic rings. The van der Waals surface area contributed by atoms with Gasteiger partial charge in [-0.15, -0.1) is 12.4 Å². The van der Waals surface area contributed by atoms with E-state index in [1.54, 1.807) is 0 Å². The molecular weight excluding hydrogens is 370 g/mol. The van der Waals surface area contributed by atoms with Gasteiger partial charge in [-0.25, -0.2) is 0 Å². The molecule has 0 atom stereocenters. The van der Waals surface area contributed by atoms with Gasteiger partial charge in [-0.2, -0.15) is 0 Å². The molecule has 1 aromatic carbocycles. The topological polar surface area (TPSA) is 52.7 Å². The van der Waals surface area contributed by atoms with Crippen LogP contribution in [0.4, 0.5) is 0 Å². The van der Waals surface area contributed by atoms with Crippen molar-refractivity contribution in [3.05, 3.63) is 34.3 Å². The first-order valence-corrected chi connectivity index (χ1v) is 7.99. The molecule has 0 aliphatic carbocycles.